The molecule has 5 nitrogen and oxygen atoms in total. The highest BCUT2D eigenvalue weighted by atomic mass is 32.2. The first-order valence-electron chi connectivity index (χ1n) is 8.40. The molecule has 0 aliphatic rings. The first kappa shape index (κ1) is 19.8. The van der Waals surface area contributed by atoms with Crippen molar-refractivity contribution < 1.29 is 19.4 Å². The number of anilines is 1. The quantitative estimate of drug-likeness (QED) is 0.692. The molecule has 0 radical (unpaired) electrons. The van der Waals surface area contributed by atoms with E-state index < -0.39 is 12.1 Å². The average Bonchev–Trinajstić information content (AvgIpc) is 2.59. The van der Waals surface area contributed by atoms with Crippen molar-refractivity contribution in [2.24, 2.45) is 0 Å². The van der Waals surface area contributed by atoms with Crippen molar-refractivity contribution in [2.45, 2.75) is 32.1 Å². The zero-order chi connectivity index (χ0) is 18.9. The molecule has 0 aliphatic carbocycles. The molecular formula is C20H23NO4S. The Bertz CT molecular complexity index is 763. The molecule has 0 heterocycles. The van der Waals surface area contributed by atoms with Crippen LogP contribution in [0.3, 0.4) is 0 Å². The second-order valence-electron chi connectivity index (χ2n) is 5.91. The lowest BCUT2D eigenvalue weighted by Crippen LogP contribution is -2.32. The predicted molar refractivity (Wildman–Crippen MR) is 105 cm³/mol. The molecule has 0 aliphatic heterocycles. The summed E-state index contributed by atoms with van der Waals surface area (Å²) in [6.45, 7) is 3.88. The second kappa shape index (κ2) is 9.87. The third-order valence-electron chi connectivity index (χ3n) is 3.62. The van der Waals surface area contributed by atoms with E-state index in [1.54, 1.807) is 0 Å². The maximum atomic E-state index is 12.5. The molecule has 2 N–H and O–H groups in total. The van der Waals surface area contributed by atoms with Gasteiger partial charge in [-0.25, -0.2) is 0 Å². The van der Waals surface area contributed by atoms with Crippen LogP contribution in [0.25, 0.3) is 0 Å². The van der Waals surface area contributed by atoms with Crippen LogP contribution in [0.4, 0.5) is 5.69 Å². The van der Waals surface area contributed by atoms with Crippen LogP contribution in [-0.2, 0) is 15.3 Å². The zero-order valence-corrected chi connectivity index (χ0v) is 15.7. The van der Waals surface area contributed by atoms with Crippen LogP contribution in [0.5, 0.6) is 5.75 Å². The number of amides is 1. The van der Waals surface area contributed by atoms with E-state index in [2.05, 4.69) is 5.32 Å². The summed E-state index contributed by atoms with van der Waals surface area (Å²) in [5.74, 6) is 0.264. The van der Waals surface area contributed by atoms with Crippen molar-refractivity contribution in [3.8, 4) is 5.75 Å². The Balaban J connectivity index is 1.97. The number of aryl methyl sites for hydroxylation is 1. The van der Waals surface area contributed by atoms with Crippen LogP contribution >= 0.6 is 11.8 Å². The molecule has 0 saturated carbocycles. The summed E-state index contributed by atoms with van der Waals surface area (Å²) in [7, 11) is 0. The molecule has 6 heteroatoms. The van der Waals surface area contributed by atoms with Crippen LogP contribution in [0.1, 0.15) is 24.5 Å². The number of rotatable bonds is 9. The maximum Gasteiger partial charge on any atom is 0.313 e. The highest BCUT2D eigenvalue weighted by molar-refractivity contribution is 7.99. The summed E-state index contributed by atoms with van der Waals surface area (Å²) in [4.78, 5) is 23.1. The van der Waals surface area contributed by atoms with Gasteiger partial charge in [-0.05, 0) is 48.7 Å². The van der Waals surface area contributed by atoms with Crippen LogP contribution < -0.4 is 10.1 Å². The van der Waals surface area contributed by atoms with Gasteiger partial charge in [0.25, 0.3) is 5.91 Å². The fourth-order valence-electron chi connectivity index (χ4n) is 2.39. The first-order valence-corrected chi connectivity index (χ1v) is 9.56. The number of carbonyl (C=O) groups excluding carboxylic acids is 1. The second-order valence-corrected chi connectivity index (χ2v) is 6.89. The number of carboxylic acid groups (broad SMARTS) is 1. The molecular weight excluding hydrogens is 350 g/mol. The van der Waals surface area contributed by atoms with Crippen molar-refractivity contribution in [3.05, 3.63) is 59.7 Å². The Labute approximate surface area is 157 Å². The minimum Gasteiger partial charge on any atom is -0.481 e. The maximum absolute atomic E-state index is 12.5. The van der Waals surface area contributed by atoms with Crippen LogP contribution in [0.2, 0.25) is 0 Å². The molecule has 2 rings (SSSR count). The van der Waals surface area contributed by atoms with Crippen LogP contribution in [0, 0.1) is 6.92 Å². The van der Waals surface area contributed by atoms with Crippen molar-refractivity contribution in [3.63, 3.8) is 0 Å². The molecule has 0 saturated heterocycles. The number of aliphatic carboxylic acids is 1. The first-order chi connectivity index (χ1) is 12.5. The number of benzene rings is 2. The summed E-state index contributed by atoms with van der Waals surface area (Å²) >= 11 is 1.32. The Morgan fingerprint density at radius 3 is 2.65 bits per heavy atom. The molecule has 0 bridgehead atoms. The lowest BCUT2D eigenvalue weighted by atomic mass is 10.2. The van der Waals surface area contributed by atoms with E-state index in [9.17, 15) is 9.59 Å². The number of carboxylic acids is 1. The van der Waals surface area contributed by atoms with Crippen molar-refractivity contribution in [2.75, 3.05) is 11.1 Å². The van der Waals surface area contributed by atoms with Gasteiger partial charge >= 0.3 is 5.97 Å². The van der Waals surface area contributed by atoms with Crippen molar-refractivity contribution in [1.29, 1.82) is 0 Å². The van der Waals surface area contributed by atoms with E-state index >= 15 is 0 Å². The summed E-state index contributed by atoms with van der Waals surface area (Å²) in [5, 5.41) is 11.6. The van der Waals surface area contributed by atoms with Gasteiger partial charge in [-0.2, -0.15) is 0 Å². The SMILES string of the molecule is CCC(Oc1cccc(C)c1)C(=O)Nc1cccc(CSCC(=O)O)c1. The highest BCUT2D eigenvalue weighted by Gasteiger charge is 2.18. The summed E-state index contributed by atoms with van der Waals surface area (Å²) in [5.41, 5.74) is 2.71. The molecule has 0 fully saturated rings. The normalized spacial score (nSPS) is 11.6. The molecule has 1 amide bonds. The standard InChI is InChI=1S/C20H23NO4S/c1-3-18(25-17-9-4-6-14(2)10-17)20(24)21-16-8-5-7-15(11-16)12-26-13-19(22)23/h4-11,18H,3,12-13H2,1-2H3,(H,21,24)(H,22,23). The Hall–Kier alpha value is -2.47. The topological polar surface area (TPSA) is 75.6 Å². The summed E-state index contributed by atoms with van der Waals surface area (Å²) in [6, 6.07) is 15.0. The monoisotopic (exact) mass is 373 g/mol. The fourth-order valence-corrected chi connectivity index (χ4v) is 3.08. The lowest BCUT2D eigenvalue weighted by molar-refractivity contribution is -0.134. The van der Waals surface area contributed by atoms with E-state index in [1.165, 1.54) is 11.8 Å². The third kappa shape index (κ3) is 6.44. The number of nitrogens with one attached hydrogen (secondary N) is 1. The number of thioether (sulfide) groups is 1. The Kier molecular flexibility index (Phi) is 7.53. The molecule has 0 aromatic heterocycles. The van der Waals surface area contributed by atoms with Crippen LogP contribution in [-0.4, -0.2) is 28.8 Å². The van der Waals surface area contributed by atoms with Gasteiger partial charge in [0, 0.05) is 11.4 Å². The Morgan fingerprint density at radius 1 is 1.19 bits per heavy atom. The number of hydrogen-bond acceptors (Lipinski definition) is 4. The smallest absolute Gasteiger partial charge is 0.313 e. The molecule has 2 aromatic carbocycles. The lowest BCUT2D eigenvalue weighted by Gasteiger charge is -2.18. The molecule has 2 aromatic rings. The predicted octanol–water partition coefficient (Wildman–Crippen LogP) is 4.11. The van der Waals surface area contributed by atoms with E-state index in [0.29, 0.717) is 23.6 Å². The molecule has 1 atom stereocenters. The third-order valence-corrected chi connectivity index (χ3v) is 4.61. The fraction of sp³-hybridized carbons (Fsp3) is 0.300. The van der Waals surface area contributed by atoms with Gasteiger partial charge in [-0.1, -0.05) is 31.2 Å². The van der Waals surface area contributed by atoms with Gasteiger partial charge in [-0.15, -0.1) is 11.8 Å². The minimum atomic E-state index is -0.835. The van der Waals surface area contributed by atoms with Crippen molar-refractivity contribution in [1.82, 2.24) is 0 Å². The molecule has 1 unspecified atom stereocenters. The van der Waals surface area contributed by atoms with Gasteiger partial charge < -0.3 is 15.2 Å². The van der Waals surface area contributed by atoms with Gasteiger partial charge in [0.2, 0.25) is 0 Å². The summed E-state index contributed by atoms with van der Waals surface area (Å²) < 4.78 is 5.82. The number of carbonyl (C=O) groups is 2. The average molecular weight is 373 g/mol. The largest absolute Gasteiger partial charge is 0.481 e. The van der Waals surface area contributed by atoms with E-state index in [1.807, 2.05) is 62.4 Å². The van der Waals surface area contributed by atoms with Gasteiger partial charge in [0.1, 0.15) is 5.75 Å². The highest BCUT2D eigenvalue weighted by Crippen LogP contribution is 2.19. The zero-order valence-electron chi connectivity index (χ0n) is 14.9. The van der Waals surface area contributed by atoms with E-state index in [4.69, 9.17) is 9.84 Å². The van der Waals surface area contributed by atoms with Gasteiger partial charge in [0.15, 0.2) is 6.10 Å². The van der Waals surface area contributed by atoms with Gasteiger partial charge in [-0.3, -0.25) is 9.59 Å². The minimum absolute atomic E-state index is 0.0544. The summed E-state index contributed by atoms with van der Waals surface area (Å²) in [6.07, 6.45) is -0.0321. The molecule has 26 heavy (non-hydrogen) atoms. The molecule has 138 valence electrons. The Morgan fingerprint density at radius 2 is 1.96 bits per heavy atom. The number of hydrogen-bond donors (Lipinski definition) is 2. The van der Waals surface area contributed by atoms with Gasteiger partial charge in [0.05, 0.1) is 5.75 Å². The van der Waals surface area contributed by atoms with E-state index in [-0.39, 0.29) is 11.7 Å². The van der Waals surface area contributed by atoms with Crippen molar-refractivity contribution >= 4 is 29.3 Å². The molecule has 0 spiro atoms. The van der Waals surface area contributed by atoms with E-state index in [0.717, 1.165) is 11.1 Å². The van der Waals surface area contributed by atoms with Crippen LogP contribution in [0.15, 0.2) is 48.5 Å². The number of ether oxygens (including phenoxy) is 1.